The van der Waals surface area contributed by atoms with E-state index in [4.69, 9.17) is 14.2 Å². The van der Waals surface area contributed by atoms with E-state index in [1.165, 1.54) is 42.5 Å². The molecule has 164 valence electrons. The highest BCUT2D eigenvalue weighted by molar-refractivity contribution is 6.14. The first-order chi connectivity index (χ1) is 14.8. The smallest absolute Gasteiger partial charge is 0.231 e. The summed E-state index contributed by atoms with van der Waals surface area (Å²) in [6.45, 7) is -0.590. The predicted octanol–water partition coefficient (Wildman–Crippen LogP) is -0.107. The number of Topliss-reactive ketones (excluding diaryl/α,β-unsaturated/α-hetero) is 1. The molecule has 0 radical (unpaired) electrons. The van der Waals surface area contributed by atoms with E-state index >= 15 is 0 Å². The molecule has 0 spiro atoms. The Hall–Kier alpha value is -3.15. The topological polar surface area (TPSA) is 166 Å². The zero-order valence-corrected chi connectivity index (χ0v) is 16.0. The van der Waals surface area contributed by atoms with E-state index in [2.05, 4.69) is 0 Å². The zero-order chi connectivity index (χ0) is 22.3. The lowest BCUT2D eigenvalue weighted by atomic mass is 9.99. The lowest BCUT2D eigenvalue weighted by Gasteiger charge is -2.39. The average Bonchev–Trinajstić information content (AvgIpc) is 3.05. The van der Waals surface area contributed by atoms with Crippen LogP contribution in [0.5, 0.6) is 23.0 Å². The number of aliphatic hydroxyl groups is 4. The molecule has 2 aromatic carbocycles. The Morgan fingerprint density at radius 2 is 1.74 bits per heavy atom. The fourth-order valence-electron chi connectivity index (χ4n) is 3.32. The Bertz CT molecular complexity index is 1030. The Kier molecular flexibility index (Phi) is 5.56. The van der Waals surface area contributed by atoms with Gasteiger partial charge in [0.05, 0.1) is 12.2 Å². The van der Waals surface area contributed by atoms with Gasteiger partial charge in [0.1, 0.15) is 35.9 Å². The van der Waals surface area contributed by atoms with Crippen molar-refractivity contribution in [2.45, 2.75) is 30.7 Å². The second kappa shape index (κ2) is 8.17. The summed E-state index contributed by atoms with van der Waals surface area (Å²) in [5.41, 5.74) is 0.694. The number of allylic oxidation sites excluding steroid dienone is 1. The summed E-state index contributed by atoms with van der Waals surface area (Å²) < 4.78 is 16.4. The number of benzene rings is 2. The monoisotopic (exact) mass is 432 g/mol. The van der Waals surface area contributed by atoms with E-state index in [0.29, 0.717) is 5.56 Å². The quantitative estimate of drug-likeness (QED) is 0.283. The molecular formula is C21H20O10. The molecule has 0 saturated carbocycles. The third-order valence-electron chi connectivity index (χ3n) is 5.04. The molecular weight excluding hydrogens is 412 g/mol. The average molecular weight is 432 g/mol. The number of ketones is 1. The molecule has 2 heterocycles. The van der Waals surface area contributed by atoms with E-state index in [1.807, 2.05) is 0 Å². The standard InChI is InChI=1S/C21H20O10/c22-8-16-18(26)19(27)20(28)21(31-16)29-10-2-3-11-14(7-10)30-15(17(11)25)6-9-1-4-12(23)13(24)5-9/h1-7,16,18-24,26-28H,8H2/b15-6+/t16-,18-,19+,20-,21+/m1/s1. The molecule has 5 atom stereocenters. The summed E-state index contributed by atoms with van der Waals surface area (Å²) in [6.07, 6.45) is -5.76. The normalized spacial score (nSPS) is 29.0. The number of phenolic OH excluding ortho intramolecular Hbond substituents is 2. The van der Waals surface area contributed by atoms with Crippen LogP contribution in [0.4, 0.5) is 0 Å². The molecule has 1 saturated heterocycles. The predicted molar refractivity (Wildman–Crippen MR) is 104 cm³/mol. The highest BCUT2D eigenvalue weighted by Gasteiger charge is 2.44. The maximum Gasteiger partial charge on any atom is 0.231 e. The van der Waals surface area contributed by atoms with Gasteiger partial charge in [-0.3, -0.25) is 4.79 Å². The molecule has 0 bridgehead atoms. The summed E-state index contributed by atoms with van der Waals surface area (Å²) >= 11 is 0. The molecule has 2 aliphatic heterocycles. The van der Waals surface area contributed by atoms with Gasteiger partial charge in [-0.25, -0.2) is 0 Å². The van der Waals surface area contributed by atoms with Crippen molar-refractivity contribution in [2.24, 2.45) is 0 Å². The van der Waals surface area contributed by atoms with Gasteiger partial charge in [0, 0.05) is 6.07 Å². The highest BCUT2D eigenvalue weighted by atomic mass is 16.7. The first-order valence-corrected chi connectivity index (χ1v) is 9.36. The molecule has 0 unspecified atom stereocenters. The molecule has 31 heavy (non-hydrogen) atoms. The molecule has 1 fully saturated rings. The number of phenols is 2. The van der Waals surface area contributed by atoms with Gasteiger partial charge in [0.2, 0.25) is 12.1 Å². The van der Waals surface area contributed by atoms with Gasteiger partial charge in [-0.1, -0.05) is 6.07 Å². The third kappa shape index (κ3) is 3.94. The number of aromatic hydroxyl groups is 2. The van der Waals surface area contributed by atoms with Crippen molar-refractivity contribution in [3.8, 4) is 23.0 Å². The number of rotatable bonds is 4. The second-order valence-corrected chi connectivity index (χ2v) is 7.16. The SMILES string of the molecule is O=C1/C(=C\c2ccc(O)c(O)c2)Oc2cc(O[C@H]3O[C@H](CO)[C@@H](O)[C@H](O)[C@H]3O)ccc21. The van der Waals surface area contributed by atoms with Crippen LogP contribution in [0.2, 0.25) is 0 Å². The first kappa shape index (κ1) is 21.1. The van der Waals surface area contributed by atoms with Crippen LogP contribution in [0, 0.1) is 0 Å². The first-order valence-electron chi connectivity index (χ1n) is 9.36. The minimum atomic E-state index is -1.58. The van der Waals surface area contributed by atoms with Gasteiger partial charge in [-0.05, 0) is 35.9 Å². The second-order valence-electron chi connectivity index (χ2n) is 7.16. The van der Waals surface area contributed by atoms with E-state index in [9.17, 15) is 35.4 Å². The summed E-state index contributed by atoms with van der Waals surface area (Å²) in [7, 11) is 0. The Morgan fingerprint density at radius 3 is 2.45 bits per heavy atom. The van der Waals surface area contributed by atoms with Gasteiger partial charge in [0.15, 0.2) is 17.3 Å². The maximum atomic E-state index is 12.6. The highest BCUT2D eigenvalue weighted by Crippen LogP contribution is 2.36. The Morgan fingerprint density at radius 1 is 0.968 bits per heavy atom. The van der Waals surface area contributed by atoms with Gasteiger partial charge in [0.25, 0.3) is 0 Å². The van der Waals surface area contributed by atoms with Crippen molar-refractivity contribution in [2.75, 3.05) is 6.61 Å². The van der Waals surface area contributed by atoms with Crippen LogP contribution in [0.15, 0.2) is 42.2 Å². The fraction of sp³-hybridized carbons (Fsp3) is 0.286. The maximum absolute atomic E-state index is 12.6. The molecule has 0 amide bonds. The molecule has 2 aromatic rings. The Labute approximate surface area is 175 Å². The number of carbonyl (C=O) groups excluding carboxylic acids is 1. The van der Waals surface area contributed by atoms with Crippen LogP contribution >= 0.6 is 0 Å². The van der Waals surface area contributed by atoms with Crippen molar-refractivity contribution in [1.82, 2.24) is 0 Å². The molecule has 10 nitrogen and oxygen atoms in total. The molecule has 2 aliphatic rings. The minimum absolute atomic E-state index is 0.00919. The molecule has 10 heteroatoms. The van der Waals surface area contributed by atoms with Crippen molar-refractivity contribution < 1.29 is 49.6 Å². The van der Waals surface area contributed by atoms with Crippen LogP contribution in [0.25, 0.3) is 6.08 Å². The zero-order valence-electron chi connectivity index (χ0n) is 16.0. The fourth-order valence-corrected chi connectivity index (χ4v) is 3.32. The van der Waals surface area contributed by atoms with Crippen LogP contribution in [-0.4, -0.2) is 73.7 Å². The van der Waals surface area contributed by atoms with Gasteiger partial charge in [-0.2, -0.15) is 0 Å². The summed E-state index contributed by atoms with van der Waals surface area (Å²) in [4.78, 5) is 12.6. The van der Waals surface area contributed by atoms with Crippen LogP contribution in [0.1, 0.15) is 15.9 Å². The number of hydrogen-bond acceptors (Lipinski definition) is 10. The molecule has 0 aromatic heterocycles. The lowest BCUT2D eigenvalue weighted by Crippen LogP contribution is -2.60. The van der Waals surface area contributed by atoms with Crippen LogP contribution < -0.4 is 9.47 Å². The summed E-state index contributed by atoms with van der Waals surface area (Å²) in [5.74, 6) is -0.709. The molecule has 6 N–H and O–H groups in total. The summed E-state index contributed by atoms with van der Waals surface area (Å²) in [5, 5.41) is 58.0. The van der Waals surface area contributed by atoms with Crippen LogP contribution in [-0.2, 0) is 4.74 Å². The largest absolute Gasteiger partial charge is 0.504 e. The van der Waals surface area contributed by atoms with E-state index in [1.54, 1.807) is 0 Å². The number of hydrogen-bond donors (Lipinski definition) is 6. The van der Waals surface area contributed by atoms with Crippen molar-refractivity contribution in [3.05, 3.63) is 53.3 Å². The van der Waals surface area contributed by atoms with E-state index in [0.717, 1.165) is 0 Å². The van der Waals surface area contributed by atoms with Crippen LogP contribution in [0.3, 0.4) is 0 Å². The van der Waals surface area contributed by atoms with E-state index < -0.39 is 43.1 Å². The third-order valence-corrected chi connectivity index (χ3v) is 5.04. The van der Waals surface area contributed by atoms with Gasteiger partial charge in [-0.15, -0.1) is 0 Å². The number of ether oxygens (including phenoxy) is 3. The number of fused-ring (bicyclic) bond motifs is 1. The van der Waals surface area contributed by atoms with Gasteiger partial charge >= 0.3 is 0 Å². The number of aliphatic hydroxyl groups excluding tert-OH is 4. The Balaban J connectivity index is 1.53. The number of carbonyl (C=O) groups is 1. The molecule has 4 rings (SSSR count). The van der Waals surface area contributed by atoms with Crippen molar-refractivity contribution >= 4 is 11.9 Å². The lowest BCUT2D eigenvalue weighted by molar-refractivity contribution is -0.277. The van der Waals surface area contributed by atoms with E-state index in [-0.39, 0.29) is 34.3 Å². The van der Waals surface area contributed by atoms with Crippen molar-refractivity contribution in [1.29, 1.82) is 0 Å². The molecule has 0 aliphatic carbocycles. The summed E-state index contributed by atoms with van der Waals surface area (Å²) in [6, 6.07) is 8.33. The van der Waals surface area contributed by atoms with Crippen molar-refractivity contribution in [3.63, 3.8) is 0 Å². The van der Waals surface area contributed by atoms with Gasteiger partial charge < -0.3 is 44.8 Å². The minimum Gasteiger partial charge on any atom is -0.504 e.